The molecule has 2 N–H and O–H groups in total. The van der Waals surface area contributed by atoms with Crippen LogP contribution in [-0.4, -0.2) is 43.2 Å². The Kier molecular flexibility index (Phi) is 5.12. The number of hydrogen-bond acceptors (Lipinski definition) is 3. The Bertz CT molecular complexity index is 360. The van der Waals surface area contributed by atoms with Crippen molar-refractivity contribution in [3.8, 4) is 0 Å². The highest BCUT2D eigenvalue weighted by Gasteiger charge is 2.14. The number of carbonyl (C=O) groups is 1. The summed E-state index contributed by atoms with van der Waals surface area (Å²) in [5.41, 5.74) is 2.37. The number of aryl methyl sites for hydroxylation is 1. The lowest BCUT2D eigenvalue weighted by atomic mass is 10.0. The first-order valence-electron chi connectivity index (χ1n) is 5.65. The molecule has 0 aromatic heterocycles. The molecule has 0 aliphatic heterocycles. The van der Waals surface area contributed by atoms with Crippen LogP contribution in [0.4, 0.5) is 0 Å². The summed E-state index contributed by atoms with van der Waals surface area (Å²) in [5, 5.41) is 11.4. The Balaban J connectivity index is 2.72. The van der Waals surface area contributed by atoms with Gasteiger partial charge in [-0.3, -0.25) is 4.79 Å². The third kappa shape index (κ3) is 4.17. The van der Waals surface area contributed by atoms with Crippen molar-refractivity contribution in [3.63, 3.8) is 0 Å². The highest BCUT2D eigenvalue weighted by molar-refractivity contribution is 5.76. The van der Waals surface area contributed by atoms with Gasteiger partial charge in [-0.05, 0) is 26.6 Å². The fourth-order valence-electron chi connectivity index (χ4n) is 1.65. The second kappa shape index (κ2) is 6.37. The molecule has 0 radical (unpaired) electrons. The van der Waals surface area contributed by atoms with E-state index in [1.54, 1.807) is 0 Å². The van der Waals surface area contributed by atoms with E-state index in [0.717, 1.165) is 5.56 Å². The number of aliphatic hydroxyl groups is 1. The first-order valence-corrected chi connectivity index (χ1v) is 5.65. The summed E-state index contributed by atoms with van der Waals surface area (Å²) >= 11 is 0. The van der Waals surface area contributed by atoms with Crippen LogP contribution in [0.25, 0.3) is 0 Å². The first kappa shape index (κ1) is 13.7. The quantitative estimate of drug-likeness (QED) is 0.791. The van der Waals surface area contributed by atoms with Crippen LogP contribution in [0.1, 0.15) is 17.2 Å². The average molecular weight is 236 g/mol. The third-order valence-corrected chi connectivity index (χ3v) is 2.72. The zero-order valence-corrected chi connectivity index (χ0v) is 10.6. The zero-order chi connectivity index (χ0) is 12.8. The standard InChI is InChI=1S/C13H20N2O2/c1-10-4-6-11(7-5-10)12(15(2)3)8-14-13(17)9-16/h4-7,12,16H,8-9H2,1-3H3,(H,14,17)/t12-/m1/s1. The Hall–Kier alpha value is -1.39. The van der Waals surface area contributed by atoms with Gasteiger partial charge in [0, 0.05) is 6.54 Å². The van der Waals surface area contributed by atoms with Crippen LogP contribution in [0, 0.1) is 6.92 Å². The maximum Gasteiger partial charge on any atom is 0.245 e. The molecule has 0 aliphatic rings. The van der Waals surface area contributed by atoms with Crippen molar-refractivity contribution in [1.29, 1.82) is 0 Å². The molecular weight excluding hydrogens is 216 g/mol. The van der Waals surface area contributed by atoms with E-state index < -0.39 is 6.61 Å². The Morgan fingerprint density at radius 1 is 1.35 bits per heavy atom. The summed E-state index contributed by atoms with van der Waals surface area (Å²) in [6.45, 7) is 2.07. The van der Waals surface area contributed by atoms with E-state index in [2.05, 4.69) is 29.6 Å². The minimum Gasteiger partial charge on any atom is -0.387 e. The van der Waals surface area contributed by atoms with Gasteiger partial charge in [0.05, 0.1) is 6.04 Å². The smallest absolute Gasteiger partial charge is 0.245 e. The van der Waals surface area contributed by atoms with Crippen LogP contribution < -0.4 is 5.32 Å². The summed E-state index contributed by atoms with van der Waals surface area (Å²) < 4.78 is 0. The molecule has 4 heteroatoms. The summed E-state index contributed by atoms with van der Waals surface area (Å²) in [4.78, 5) is 13.1. The van der Waals surface area contributed by atoms with Crippen LogP contribution in [0.15, 0.2) is 24.3 Å². The maximum atomic E-state index is 11.0. The fraction of sp³-hybridized carbons (Fsp3) is 0.462. The number of aliphatic hydroxyl groups excluding tert-OH is 1. The van der Waals surface area contributed by atoms with Gasteiger partial charge >= 0.3 is 0 Å². The van der Waals surface area contributed by atoms with E-state index in [9.17, 15) is 4.79 Å². The monoisotopic (exact) mass is 236 g/mol. The van der Waals surface area contributed by atoms with Crippen molar-refractivity contribution >= 4 is 5.91 Å². The lowest BCUT2D eigenvalue weighted by Gasteiger charge is -2.25. The molecule has 1 aromatic rings. The molecule has 1 aromatic carbocycles. The normalized spacial score (nSPS) is 12.5. The van der Waals surface area contributed by atoms with Gasteiger partial charge < -0.3 is 15.3 Å². The van der Waals surface area contributed by atoms with Gasteiger partial charge in [0.1, 0.15) is 6.61 Å². The van der Waals surface area contributed by atoms with Crippen LogP contribution in [0.5, 0.6) is 0 Å². The molecule has 0 spiro atoms. The largest absolute Gasteiger partial charge is 0.387 e. The number of nitrogens with zero attached hydrogens (tertiary/aromatic N) is 1. The number of carbonyl (C=O) groups excluding carboxylic acids is 1. The van der Waals surface area contributed by atoms with Crippen LogP contribution in [0.2, 0.25) is 0 Å². The Morgan fingerprint density at radius 2 is 1.94 bits per heavy atom. The van der Waals surface area contributed by atoms with Crippen molar-refractivity contribution in [2.24, 2.45) is 0 Å². The van der Waals surface area contributed by atoms with Gasteiger partial charge in [-0.1, -0.05) is 29.8 Å². The van der Waals surface area contributed by atoms with Crippen molar-refractivity contribution in [2.45, 2.75) is 13.0 Å². The molecular formula is C13H20N2O2. The summed E-state index contributed by atoms with van der Waals surface area (Å²) in [7, 11) is 3.94. The van der Waals surface area contributed by atoms with Gasteiger partial charge in [0.2, 0.25) is 5.91 Å². The maximum absolute atomic E-state index is 11.0. The van der Waals surface area contributed by atoms with E-state index in [4.69, 9.17) is 5.11 Å². The van der Waals surface area contributed by atoms with Gasteiger partial charge in [0.15, 0.2) is 0 Å². The molecule has 1 amide bonds. The van der Waals surface area contributed by atoms with Crippen molar-refractivity contribution in [1.82, 2.24) is 10.2 Å². The van der Waals surface area contributed by atoms with E-state index in [-0.39, 0.29) is 11.9 Å². The minimum atomic E-state index is -0.464. The van der Waals surface area contributed by atoms with Crippen LogP contribution in [0.3, 0.4) is 0 Å². The molecule has 94 valence electrons. The van der Waals surface area contributed by atoms with Gasteiger partial charge in [-0.25, -0.2) is 0 Å². The number of hydrogen-bond donors (Lipinski definition) is 2. The van der Waals surface area contributed by atoms with Crippen LogP contribution in [-0.2, 0) is 4.79 Å². The van der Waals surface area contributed by atoms with Gasteiger partial charge in [0.25, 0.3) is 0 Å². The second-order valence-electron chi connectivity index (χ2n) is 4.35. The lowest BCUT2D eigenvalue weighted by molar-refractivity contribution is -0.124. The topological polar surface area (TPSA) is 52.6 Å². The Labute approximate surface area is 102 Å². The second-order valence-corrected chi connectivity index (χ2v) is 4.35. The van der Waals surface area contributed by atoms with E-state index in [1.165, 1.54) is 5.56 Å². The number of likely N-dealkylation sites (N-methyl/N-ethyl adjacent to an activating group) is 1. The number of nitrogens with one attached hydrogen (secondary N) is 1. The molecule has 0 unspecified atom stereocenters. The fourth-order valence-corrected chi connectivity index (χ4v) is 1.65. The SMILES string of the molecule is Cc1ccc([C@@H](CNC(=O)CO)N(C)C)cc1. The summed E-state index contributed by atoms with van der Waals surface area (Å²) in [6.07, 6.45) is 0. The predicted molar refractivity (Wildman–Crippen MR) is 67.7 cm³/mol. The van der Waals surface area contributed by atoms with E-state index in [0.29, 0.717) is 6.54 Å². The summed E-state index contributed by atoms with van der Waals surface area (Å²) in [6, 6.07) is 8.35. The van der Waals surface area contributed by atoms with Crippen molar-refractivity contribution in [3.05, 3.63) is 35.4 Å². The average Bonchev–Trinajstić information content (AvgIpc) is 2.31. The number of amides is 1. The van der Waals surface area contributed by atoms with Gasteiger partial charge in [-0.2, -0.15) is 0 Å². The summed E-state index contributed by atoms with van der Waals surface area (Å²) in [5.74, 6) is -0.344. The molecule has 4 nitrogen and oxygen atoms in total. The molecule has 0 fully saturated rings. The van der Waals surface area contributed by atoms with Gasteiger partial charge in [-0.15, -0.1) is 0 Å². The van der Waals surface area contributed by atoms with Crippen molar-refractivity contribution < 1.29 is 9.90 Å². The molecule has 1 atom stereocenters. The minimum absolute atomic E-state index is 0.117. The molecule has 0 bridgehead atoms. The molecule has 0 saturated heterocycles. The highest BCUT2D eigenvalue weighted by Crippen LogP contribution is 2.17. The highest BCUT2D eigenvalue weighted by atomic mass is 16.3. The number of rotatable bonds is 5. The first-order chi connectivity index (χ1) is 8.04. The molecule has 0 saturated carbocycles. The number of benzene rings is 1. The molecule has 0 aliphatic carbocycles. The van der Waals surface area contributed by atoms with E-state index >= 15 is 0 Å². The predicted octanol–water partition coefficient (Wildman–Crippen LogP) is 0.706. The molecule has 1 rings (SSSR count). The van der Waals surface area contributed by atoms with Crippen LogP contribution >= 0.6 is 0 Å². The Morgan fingerprint density at radius 3 is 2.41 bits per heavy atom. The lowest BCUT2D eigenvalue weighted by Crippen LogP contribution is -2.35. The molecule has 0 heterocycles. The van der Waals surface area contributed by atoms with Crippen molar-refractivity contribution in [2.75, 3.05) is 27.2 Å². The zero-order valence-electron chi connectivity index (χ0n) is 10.6. The third-order valence-electron chi connectivity index (χ3n) is 2.72. The van der Waals surface area contributed by atoms with E-state index in [1.807, 2.05) is 25.9 Å². The molecule has 17 heavy (non-hydrogen) atoms.